The van der Waals surface area contributed by atoms with Crippen molar-refractivity contribution in [3.8, 4) is 0 Å². The van der Waals surface area contributed by atoms with E-state index >= 15 is 0 Å². The second-order valence-electron chi connectivity index (χ2n) is 7.61. The van der Waals surface area contributed by atoms with Crippen molar-refractivity contribution in [3.63, 3.8) is 0 Å². The summed E-state index contributed by atoms with van der Waals surface area (Å²) in [6, 6.07) is 5.48. The highest BCUT2D eigenvalue weighted by Crippen LogP contribution is 2.34. The summed E-state index contributed by atoms with van der Waals surface area (Å²) in [5, 5.41) is 12.7. The van der Waals surface area contributed by atoms with Gasteiger partial charge in [0.1, 0.15) is 17.0 Å². The minimum atomic E-state index is -0.290. The summed E-state index contributed by atoms with van der Waals surface area (Å²) >= 11 is 7.86. The van der Waals surface area contributed by atoms with Crippen molar-refractivity contribution >= 4 is 49.9 Å². The molecule has 1 aliphatic heterocycles. The number of piperazine rings is 1. The molecule has 160 valence electrons. The molecule has 1 aliphatic rings. The molecule has 10 heteroatoms. The zero-order chi connectivity index (χ0) is 21.5. The molecule has 1 atom stereocenters. The molecule has 31 heavy (non-hydrogen) atoms. The monoisotopic (exact) mass is 455 g/mol. The number of nitrogens with one attached hydrogen (secondary N) is 2. The molecule has 2 N–H and O–H groups in total. The van der Waals surface area contributed by atoms with Gasteiger partial charge in [-0.2, -0.15) is 0 Å². The van der Waals surface area contributed by atoms with Gasteiger partial charge in [-0.15, -0.1) is 11.3 Å². The molecule has 5 rings (SSSR count). The lowest BCUT2D eigenvalue weighted by molar-refractivity contribution is 0.461. The summed E-state index contributed by atoms with van der Waals surface area (Å²) in [5.41, 5.74) is 1.57. The Morgan fingerprint density at radius 2 is 2.03 bits per heavy atom. The maximum absolute atomic E-state index is 13.6. The van der Waals surface area contributed by atoms with Crippen molar-refractivity contribution in [1.29, 1.82) is 0 Å². The highest BCUT2D eigenvalue weighted by molar-refractivity contribution is 7.17. The molecule has 0 saturated carbocycles. The molecule has 4 heterocycles. The first-order chi connectivity index (χ1) is 15.0. The fourth-order valence-corrected chi connectivity index (χ4v) is 5.16. The predicted molar refractivity (Wildman–Crippen MR) is 126 cm³/mol. The van der Waals surface area contributed by atoms with Crippen LogP contribution in [0.5, 0.6) is 0 Å². The second kappa shape index (κ2) is 8.07. The molecule has 0 bridgehead atoms. The molecular weight excluding hydrogens is 434 g/mol. The molecule has 3 aromatic heterocycles. The standard InChI is InChI=1S/C21H22ClN7OS/c1-12-4-3-5-15-16(12)21(30)29(28-8-6-23-7-9-28)19(27-15)13(2)26-18-17-14(22)10-31-20(17)25-11-24-18/h3-5,10-11,13,23H,6-9H2,1-2H3,(H,24,25,26)/t13-/m0/s1. The van der Waals surface area contributed by atoms with Gasteiger partial charge in [0, 0.05) is 31.6 Å². The van der Waals surface area contributed by atoms with E-state index in [4.69, 9.17) is 16.6 Å². The van der Waals surface area contributed by atoms with E-state index in [1.165, 1.54) is 17.7 Å². The van der Waals surface area contributed by atoms with Gasteiger partial charge >= 0.3 is 0 Å². The van der Waals surface area contributed by atoms with E-state index in [0.717, 1.165) is 42.0 Å². The molecule has 1 fully saturated rings. The van der Waals surface area contributed by atoms with Crippen molar-refractivity contribution in [2.75, 3.05) is 36.5 Å². The van der Waals surface area contributed by atoms with Crippen LogP contribution in [0.2, 0.25) is 5.02 Å². The number of nitrogens with zero attached hydrogens (tertiary/aromatic N) is 5. The normalized spacial score (nSPS) is 15.5. The van der Waals surface area contributed by atoms with Crippen LogP contribution in [-0.4, -0.2) is 45.8 Å². The van der Waals surface area contributed by atoms with Gasteiger partial charge in [0.25, 0.3) is 5.56 Å². The predicted octanol–water partition coefficient (Wildman–Crippen LogP) is 3.08. The summed E-state index contributed by atoms with van der Waals surface area (Å²) in [6.45, 7) is 7.02. The molecule has 0 radical (unpaired) electrons. The number of aryl methyl sites for hydroxylation is 1. The van der Waals surface area contributed by atoms with E-state index in [1.54, 1.807) is 4.68 Å². The molecule has 1 aromatic carbocycles. The summed E-state index contributed by atoms with van der Waals surface area (Å²) < 4.78 is 1.74. The van der Waals surface area contributed by atoms with E-state index in [0.29, 0.717) is 27.6 Å². The van der Waals surface area contributed by atoms with Crippen LogP contribution in [-0.2, 0) is 0 Å². The molecule has 4 aromatic rings. The Morgan fingerprint density at radius 1 is 1.23 bits per heavy atom. The number of hydrogen-bond acceptors (Lipinski definition) is 8. The molecule has 0 unspecified atom stereocenters. The molecule has 1 saturated heterocycles. The van der Waals surface area contributed by atoms with Crippen molar-refractivity contribution in [3.05, 3.63) is 56.7 Å². The van der Waals surface area contributed by atoms with Gasteiger partial charge < -0.3 is 15.6 Å². The highest BCUT2D eigenvalue weighted by atomic mass is 35.5. The Bertz CT molecular complexity index is 1330. The van der Waals surface area contributed by atoms with E-state index < -0.39 is 0 Å². The van der Waals surface area contributed by atoms with Gasteiger partial charge in [-0.05, 0) is 25.5 Å². The number of thiophene rings is 1. The van der Waals surface area contributed by atoms with Crippen LogP contribution in [0.15, 0.2) is 34.7 Å². The van der Waals surface area contributed by atoms with Crippen molar-refractivity contribution in [1.82, 2.24) is 24.9 Å². The third-order valence-electron chi connectivity index (χ3n) is 5.55. The maximum Gasteiger partial charge on any atom is 0.280 e. The summed E-state index contributed by atoms with van der Waals surface area (Å²) in [4.78, 5) is 28.1. The molecule has 0 spiro atoms. The van der Waals surface area contributed by atoms with E-state index in [9.17, 15) is 4.79 Å². The Morgan fingerprint density at radius 3 is 2.84 bits per heavy atom. The lowest BCUT2D eigenvalue weighted by atomic mass is 10.1. The average Bonchev–Trinajstić information content (AvgIpc) is 3.16. The first kappa shape index (κ1) is 20.2. The third kappa shape index (κ3) is 3.52. The van der Waals surface area contributed by atoms with Gasteiger partial charge in [-0.3, -0.25) is 4.79 Å². The lowest BCUT2D eigenvalue weighted by Gasteiger charge is -2.33. The van der Waals surface area contributed by atoms with Crippen LogP contribution in [0.25, 0.3) is 21.1 Å². The van der Waals surface area contributed by atoms with E-state index in [1.807, 2.05) is 37.4 Å². The minimum absolute atomic E-state index is 0.0462. The van der Waals surface area contributed by atoms with Gasteiger partial charge in [0.2, 0.25) is 0 Å². The maximum atomic E-state index is 13.6. The van der Waals surface area contributed by atoms with E-state index in [-0.39, 0.29) is 11.6 Å². The molecular formula is C21H22ClN7OS. The van der Waals surface area contributed by atoms with Crippen molar-refractivity contribution in [2.24, 2.45) is 0 Å². The smallest absolute Gasteiger partial charge is 0.280 e. The average molecular weight is 456 g/mol. The fourth-order valence-electron chi connectivity index (χ4n) is 4.03. The highest BCUT2D eigenvalue weighted by Gasteiger charge is 2.24. The molecule has 0 amide bonds. The van der Waals surface area contributed by atoms with Crippen LogP contribution in [0.3, 0.4) is 0 Å². The topological polar surface area (TPSA) is 88.0 Å². The SMILES string of the molecule is Cc1cccc2nc([C@H](C)Nc3ncnc4scc(Cl)c34)n(N3CCNCC3)c(=O)c12. The summed E-state index contributed by atoms with van der Waals surface area (Å²) in [5.74, 6) is 1.28. The van der Waals surface area contributed by atoms with Gasteiger partial charge in [-0.25, -0.2) is 19.6 Å². The third-order valence-corrected chi connectivity index (χ3v) is 6.86. The summed E-state index contributed by atoms with van der Waals surface area (Å²) in [6.07, 6.45) is 1.52. The van der Waals surface area contributed by atoms with Gasteiger partial charge in [-0.1, -0.05) is 23.7 Å². The minimum Gasteiger partial charge on any atom is -0.360 e. The van der Waals surface area contributed by atoms with Crippen LogP contribution >= 0.6 is 22.9 Å². The zero-order valence-electron chi connectivity index (χ0n) is 17.2. The number of fused-ring (bicyclic) bond motifs is 2. The zero-order valence-corrected chi connectivity index (χ0v) is 18.8. The number of rotatable bonds is 4. The van der Waals surface area contributed by atoms with Crippen molar-refractivity contribution in [2.45, 2.75) is 19.9 Å². The first-order valence-corrected chi connectivity index (χ1v) is 11.4. The quantitative estimate of drug-likeness (QED) is 0.489. The fraction of sp³-hybridized carbons (Fsp3) is 0.333. The van der Waals surface area contributed by atoms with Crippen LogP contribution < -0.4 is 21.2 Å². The molecule has 0 aliphatic carbocycles. The largest absolute Gasteiger partial charge is 0.360 e. The number of anilines is 1. The van der Waals surface area contributed by atoms with Crippen LogP contribution in [0.4, 0.5) is 5.82 Å². The van der Waals surface area contributed by atoms with Crippen LogP contribution in [0, 0.1) is 6.92 Å². The summed E-state index contributed by atoms with van der Waals surface area (Å²) in [7, 11) is 0. The Hall–Kier alpha value is -2.75. The Balaban J connectivity index is 1.65. The number of benzene rings is 1. The van der Waals surface area contributed by atoms with Crippen molar-refractivity contribution < 1.29 is 0 Å². The first-order valence-electron chi connectivity index (χ1n) is 10.2. The Kier molecular flexibility index (Phi) is 5.25. The van der Waals surface area contributed by atoms with Gasteiger partial charge in [0.15, 0.2) is 5.82 Å². The number of halogens is 1. The Labute approximate surface area is 187 Å². The molecule has 8 nitrogen and oxygen atoms in total. The van der Waals surface area contributed by atoms with E-state index in [2.05, 4.69) is 25.6 Å². The number of aromatic nitrogens is 4. The van der Waals surface area contributed by atoms with Gasteiger partial charge in [0.05, 0.1) is 27.4 Å². The number of hydrogen-bond donors (Lipinski definition) is 2. The van der Waals surface area contributed by atoms with Crippen LogP contribution in [0.1, 0.15) is 24.4 Å². The lowest BCUT2D eigenvalue weighted by Crippen LogP contribution is -2.54. The second-order valence-corrected chi connectivity index (χ2v) is 8.88.